The summed E-state index contributed by atoms with van der Waals surface area (Å²) in [5, 5.41) is 8.02. The average Bonchev–Trinajstić information content (AvgIpc) is 2.72. The van der Waals surface area contributed by atoms with Gasteiger partial charge in [-0.1, -0.05) is 68.2 Å². The molecule has 0 saturated carbocycles. The molecule has 0 spiro atoms. The number of rotatable bonds is 14. The molecule has 0 aliphatic carbocycles. The number of benzene rings is 1. The highest BCUT2D eigenvalue weighted by Gasteiger charge is 2.23. The van der Waals surface area contributed by atoms with Crippen molar-refractivity contribution < 1.29 is 0 Å². The van der Waals surface area contributed by atoms with Crippen LogP contribution in [0, 0.1) is 0 Å². The van der Waals surface area contributed by atoms with Crippen LogP contribution in [0.5, 0.6) is 0 Å². The van der Waals surface area contributed by atoms with Gasteiger partial charge < -0.3 is 10.6 Å². The fourth-order valence-electron chi connectivity index (χ4n) is 4.74. The van der Waals surface area contributed by atoms with E-state index in [-0.39, 0.29) is 0 Å². The molecule has 0 amide bonds. The Labute approximate surface area is 176 Å². The summed E-state index contributed by atoms with van der Waals surface area (Å²) in [5.74, 6) is 0. The molecule has 0 fully saturated rings. The van der Waals surface area contributed by atoms with Gasteiger partial charge in [0.25, 0.3) is 0 Å². The van der Waals surface area contributed by atoms with Crippen LogP contribution in [-0.2, 0) is 25.7 Å². The van der Waals surface area contributed by atoms with E-state index in [0.717, 1.165) is 25.7 Å². The van der Waals surface area contributed by atoms with E-state index in [1.165, 1.54) is 49.9 Å². The molecule has 0 aromatic heterocycles. The third kappa shape index (κ3) is 5.91. The summed E-state index contributed by atoms with van der Waals surface area (Å²) >= 11 is 0. The molecule has 28 heavy (non-hydrogen) atoms. The first-order valence-corrected chi connectivity index (χ1v) is 12.3. The Hall–Kier alpha value is -1.18. The maximum Gasteiger partial charge on any atom is 0.0414 e. The summed E-state index contributed by atoms with van der Waals surface area (Å²) in [7, 11) is 0. The van der Waals surface area contributed by atoms with Crippen LogP contribution < -0.4 is 10.6 Å². The molecule has 2 N–H and O–H groups in total. The van der Waals surface area contributed by atoms with Gasteiger partial charge in [-0.05, 0) is 73.6 Å². The topological polar surface area (TPSA) is 24.1 Å². The summed E-state index contributed by atoms with van der Waals surface area (Å²) in [6, 6.07) is 1.16. The third-order valence-corrected chi connectivity index (χ3v) is 6.31. The normalized spacial score (nSPS) is 13.4. The number of hydrogen-bond donors (Lipinski definition) is 2. The highest BCUT2D eigenvalue weighted by Crippen LogP contribution is 2.39. The minimum Gasteiger partial charge on any atom is -0.382 e. The van der Waals surface area contributed by atoms with E-state index >= 15 is 0 Å². The van der Waals surface area contributed by atoms with Crippen molar-refractivity contribution >= 4 is 11.4 Å². The molecule has 2 atom stereocenters. The molecule has 2 heteroatoms. The molecule has 1 aromatic rings. The first-order chi connectivity index (χ1) is 13.6. The van der Waals surface area contributed by atoms with Crippen molar-refractivity contribution in [2.45, 2.75) is 132 Å². The lowest BCUT2D eigenvalue weighted by Crippen LogP contribution is -2.24. The van der Waals surface area contributed by atoms with E-state index in [1.54, 1.807) is 22.3 Å². The monoisotopic (exact) mass is 388 g/mol. The Morgan fingerprint density at radius 3 is 0.964 bits per heavy atom. The molecule has 0 aliphatic rings. The van der Waals surface area contributed by atoms with Crippen molar-refractivity contribution in [2.24, 2.45) is 0 Å². The van der Waals surface area contributed by atoms with Crippen LogP contribution in [0.4, 0.5) is 11.4 Å². The number of anilines is 2. The third-order valence-electron chi connectivity index (χ3n) is 6.31. The van der Waals surface area contributed by atoms with Crippen LogP contribution in [0.2, 0.25) is 0 Å². The highest BCUT2D eigenvalue weighted by molar-refractivity contribution is 5.75. The van der Waals surface area contributed by atoms with Gasteiger partial charge in [0.05, 0.1) is 0 Å². The fourth-order valence-corrected chi connectivity index (χ4v) is 4.74. The summed E-state index contributed by atoms with van der Waals surface area (Å²) in [6.45, 7) is 18.6. The van der Waals surface area contributed by atoms with Crippen LogP contribution in [0.3, 0.4) is 0 Å². The Morgan fingerprint density at radius 2 is 0.786 bits per heavy atom. The summed E-state index contributed by atoms with van der Waals surface area (Å²) in [6.07, 6.45) is 11.8. The lowest BCUT2D eigenvalue weighted by molar-refractivity contribution is 0.618. The van der Waals surface area contributed by atoms with Crippen molar-refractivity contribution in [1.82, 2.24) is 0 Å². The van der Waals surface area contributed by atoms with Gasteiger partial charge in [0, 0.05) is 23.5 Å². The van der Waals surface area contributed by atoms with E-state index in [2.05, 4.69) is 66.0 Å². The highest BCUT2D eigenvalue weighted by atomic mass is 14.9. The molecular formula is C26H48N2. The quantitative estimate of drug-likeness (QED) is 0.338. The molecule has 0 saturated heterocycles. The zero-order valence-corrected chi connectivity index (χ0v) is 20.2. The van der Waals surface area contributed by atoms with Crippen LogP contribution in [-0.4, -0.2) is 12.1 Å². The number of hydrogen-bond acceptors (Lipinski definition) is 2. The minimum atomic E-state index is 0.581. The van der Waals surface area contributed by atoms with E-state index in [1.807, 2.05) is 0 Å². The molecule has 2 unspecified atom stereocenters. The van der Waals surface area contributed by atoms with Gasteiger partial charge in [-0.25, -0.2) is 0 Å². The van der Waals surface area contributed by atoms with Gasteiger partial charge in [-0.3, -0.25) is 0 Å². The first kappa shape index (κ1) is 24.9. The second-order valence-electron chi connectivity index (χ2n) is 8.15. The van der Waals surface area contributed by atoms with Crippen LogP contribution >= 0.6 is 0 Å². The van der Waals surface area contributed by atoms with Crippen molar-refractivity contribution in [3.05, 3.63) is 22.3 Å². The van der Waals surface area contributed by atoms with Gasteiger partial charge in [-0.15, -0.1) is 0 Å². The summed E-state index contributed by atoms with van der Waals surface area (Å²) in [4.78, 5) is 0. The fraction of sp³-hybridized carbons (Fsp3) is 0.769. The predicted octanol–water partition coefficient (Wildman–Crippen LogP) is 7.92. The van der Waals surface area contributed by atoms with Gasteiger partial charge in [0.15, 0.2) is 0 Å². The molecule has 0 bridgehead atoms. The van der Waals surface area contributed by atoms with E-state index < -0.39 is 0 Å². The lowest BCUT2D eigenvalue weighted by atomic mass is 9.87. The standard InChI is InChI=1S/C26H48N2/c1-9-17-19(11-3)27-25-21(13-5)23(15-7)26(24(16-8)22(25)14-6)28-20(12-4)18-10-2/h19-20,27-28H,9-18H2,1-8H3. The maximum absolute atomic E-state index is 4.01. The lowest BCUT2D eigenvalue weighted by Gasteiger charge is -2.31. The smallest absolute Gasteiger partial charge is 0.0414 e. The zero-order valence-electron chi connectivity index (χ0n) is 20.2. The average molecular weight is 389 g/mol. The maximum atomic E-state index is 4.01. The first-order valence-electron chi connectivity index (χ1n) is 12.3. The second kappa shape index (κ2) is 13.1. The van der Waals surface area contributed by atoms with E-state index in [4.69, 9.17) is 0 Å². The summed E-state index contributed by atoms with van der Waals surface area (Å²) < 4.78 is 0. The predicted molar refractivity (Wildman–Crippen MR) is 129 cm³/mol. The molecule has 0 heterocycles. The van der Waals surface area contributed by atoms with E-state index in [0.29, 0.717) is 12.1 Å². The van der Waals surface area contributed by atoms with Crippen LogP contribution in [0.15, 0.2) is 0 Å². The number of nitrogens with one attached hydrogen (secondary N) is 2. The largest absolute Gasteiger partial charge is 0.382 e. The Morgan fingerprint density at radius 1 is 0.500 bits per heavy atom. The Kier molecular flexibility index (Phi) is 11.6. The van der Waals surface area contributed by atoms with E-state index in [9.17, 15) is 0 Å². The molecular weight excluding hydrogens is 340 g/mol. The molecule has 2 nitrogen and oxygen atoms in total. The van der Waals surface area contributed by atoms with Crippen LogP contribution in [0.1, 0.15) is 116 Å². The van der Waals surface area contributed by atoms with Crippen molar-refractivity contribution in [3.63, 3.8) is 0 Å². The SMILES string of the molecule is CCCC(CC)Nc1c(CC)c(CC)c(NC(CC)CCC)c(CC)c1CC. The molecule has 1 rings (SSSR count). The molecule has 1 aromatic carbocycles. The minimum absolute atomic E-state index is 0.581. The summed E-state index contributed by atoms with van der Waals surface area (Å²) in [5.41, 5.74) is 9.15. The Balaban J connectivity index is 3.61. The van der Waals surface area contributed by atoms with Crippen LogP contribution in [0.25, 0.3) is 0 Å². The molecule has 0 radical (unpaired) electrons. The molecule has 0 aliphatic heterocycles. The molecule has 162 valence electrons. The van der Waals surface area contributed by atoms with Gasteiger partial charge in [0.2, 0.25) is 0 Å². The van der Waals surface area contributed by atoms with Crippen molar-refractivity contribution in [3.8, 4) is 0 Å². The van der Waals surface area contributed by atoms with Gasteiger partial charge >= 0.3 is 0 Å². The van der Waals surface area contributed by atoms with Crippen molar-refractivity contribution in [2.75, 3.05) is 10.6 Å². The Bertz CT molecular complexity index is 492. The zero-order chi connectivity index (χ0) is 21.1. The van der Waals surface area contributed by atoms with Crippen molar-refractivity contribution in [1.29, 1.82) is 0 Å². The second-order valence-corrected chi connectivity index (χ2v) is 8.15. The van der Waals surface area contributed by atoms with Gasteiger partial charge in [-0.2, -0.15) is 0 Å². The van der Waals surface area contributed by atoms with Gasteiger partial charge in [0.1, 0.15) is 0 Å².